The summed E-state index contributed by atoms with van der Waals surface area (Å²) in [5.74, 6) is 0.0317. The number of aromatic nitrogens is 3. The second-order valence-corrected chi connectivity index (χ2v) is 6.77. The Morgan fingerprint density at radius 3 is 2.52 bits per heavy atom. The first-order chi connectivity index (χ1) is 14.0. The Kier molecular flexibility index (Phi) is 6.36. The van der Waals surface area contributed by atoms with Gasteiger partial charge in [-0.15, -0.1) is 0 Å². The molecule has 0 saturated heterocycles. The zero-order chi connectivity index (χ0) is 20.8. The second kappa shape index (κ2) is 9.11. The maximum absolute atomic E-state index is 12.9. The molecule has 0 aliphatic rings. The molecule has 1 aromatic carbocycles. The molecule has 0 fully saturated rings. The number of nitrogens with two attached hydrogens (primary N) is 1. The molecule has 29 heavy (non-hydrogen) atoms. The third kappa shape index (κ3) is 5.05. The predicted molar refractivity (Wildman–Crippen MR) is 114 cm³/mol. The van der Waals surface area contributed by atoms with E-state index in [1.54, 1.807) is 31.6 Å². The van der Waals surface area contributed by atoms with Crippen molar-refractivity contribution in [3.05, 3.63) is 70.8 Å². The molecule has 3 rings (SSSR count). The van der Waals surface area contributed by atoms with Crippen molar-refractivity contribution < 1.29 is 4.79 Å². The van der Waals surface area contributed by atoms with E-state index >= 15 is 0 Å². The molecule has 1 atom stereocenters. The lowest BCUT2D eigenvalue weighted by atomic mass is 10.1. The van der Waals surface area contributed by atoms with Crippen molar-refractivity contribution in [3.63, 3.8) is 0 Å². The SMILES string of the molecule is CC(=O)Nc1c(-c2ccncc2)nc(NC[C@@H](N)Cc2ccccc2)n(C)c1=O. The summed E-state index contributed by atoms with van der Waals surface area (Å²) in [6.45, 7) is 1.79. The van der Waals surface area contributed by atoms with Gasteiger partial charge in [-0.05, 0) is 24.1 Å². The molecule has 3 aromatic rings. The molecule has 0 saturated carbocycles. The minimum atomic E-state index is -0.360. The van der Waals surface area contributed by atoms with E-state index in [2.05, 4.69) is 20.6 Å². The van der Waals surface area contributed by atoms with E-state index in [4.69, 9.17) is 5.73 Å². The summed E-state index contributed by atoms with van der Waals surface area (Å²) in [6.07, 6.45) is 3.91. The summed E-state index contributed by atoms with van der Waals surface area (Å²) >= 11 is 0. The van der Waals surface area contributed by atoms with Crippen LogP contribution in [0.25, 0.3) is 11.3 Å². The number of pyridine rings is 1. The third-order valence-corrected chi connectivity index (χ3v) is 4.41. The zero-order valence-electron chi connectivity index (χ0n) is 16.4. The number of hydrogen-bond donors (Lipinski definition) is 3. The van der Waals surface area contributed by atoms with Crippen molar-refractivity contribution in [2.45, 2.75) is 19.4 Å². The van der Waals surface area contributed by atoms with Crippen LogP contribution in [0.1, 0.15) is 12.5 Å². The Bertz CT molecular complexity index is 1030. The van der Waals surface area contributed by atoms with Crippen LogP contribution in [0.15, 0.2) is 59.7 Å². The Hall–Kier alpha value is -3.52. The first-order valence-corrected chi connectivity index (χ1v) is 9.28. The molecular weight excluding hydrogens is 368 g/mol. The van der Waals surface area contributed by atoms with Gasteiger partial charge in [0.25, 0.3) is 5.56 Å². The molecule has 2 heterocycles. The van der Waals surface area contributed by atoms with Crippen molar-refractivity contribution in [1.29, 1.82) is 0 Å². The van der Waals surface area contributed by atoms with E-state index in [-0.39, 0.29) is 23.2 Å². The molecule has 0 bridgehead atoms. The van der Waals surface area contributed by atoms with Crippen LogP contribution in [-0.2, 0) is 18.3 Å². The van der Waals surface area contributed by atoms with E-state index in [0.29, 0.717) is 30.2 Å². The highest BCUT2D eigenvalue weighted by Gasteiger charge is 2.18. The van der Waals surface area contributed by atoms with Crippen molar-refractivity contribution in [3.8, 4) is 11.3 Å². The molecule has 4 N–H and O–H groups in total. The van der Waals surface area contributed by atoms with Crippen LogP contribution in [0.3, 0.4) is 0 Å². The van der Waals surface area contributed by atoms with E-state index in [9.17, 15) is 9.59 Å². The van der Waals surface area contributed by atoms with Gasteiger partial charge in [-0.25, -0.2) is 4.98 Å². The Labute approximate surface area is 168 Å². The van der Waals surface area contributed by atoms with Gasteiger partial charge < -0.3 is 16.4 Å². The maximum Gasteiger partial charge on any atom is 0.279 e. The number of rotatable bonds is 7. The Balaban J connectivity index is 1.88. The van der Waals surface area contributed by atoms with Gasteiger partial charge in [0.2, 0.25) is 11.9 Å². The van der Waals surface area contributed by atoms with Crippen LogP contribution in [0.5, 0.6) is 0 Å². The van der Waals surface area contributed by atoms with Gasteiger partial charge in [0.1, 0.15) is 11.4 Å². The van der Waals surface area contributed by atoms with Gasteiger partial charge in [0.05, 0.1) is 0 Å². The average molecular weight is 392 g/mol. The molecule has 0 unspecified atom stereocenters. The highest BCUT2D eigenvalue weighted by molar-refractivity contribution is 5.93. The molecular formula is C21H24N6O2. The molecule has 0 aliphatic heterocycles. The fraction of sp³-hybridized carbons (Fsp3) is 0.238. The average Bonchev–Trinajstić information content (AvgIpc) is 2.72. The van der Waals surface area contributed by atoms with Gasteiger partial charge in [0, 0.05) is 44.5 Å². The lowest BCUT2D eigenvalue weighted by Gasteiger charge is -2.18. The minimum absolute atomic E-state index is 0.130. The maximum atomic E-state index is 12.9. The molecule has 0 spiro atoms. The topological polar surface area (TPSA) is 115 Å². The number of nitrogens with zero attached hydrogens (tertiary/aromatic N) is 3. The Morgan fingerprint density at radius 2 is 1.86 bits per heavy atom. The van der Waals surface area contributed by atoms with Gasteiger partial charge in [0.15, 0.2) is 0 Å². The number of anilines is 2. The molecule has 150 valence electrons. The lowest BCUT2D eigenvalue weighted by molar-refractivity contribution is -0.114. The van der Waals surface area contributed by atoms with Crippen molar-refractivity contribution >= 4 is 17.5 Å². The molecule has 8 nitrogen and oxygen atoms in total. The van der Waals surface area contributed by atoms with Crippen molar-refractivity contribution in [2.24, 2.45) is 12.8 Å². The van der Waals surface area contributed by atoms with Crippen LogP contribution >= 0.6 is 0 Å². The first kappa shape index (κ1) is 20.2. The summed E-state index contributed by atoms with van der Waals surface area (Å²) in [4.78, 5) is 33.1. The molecule has 1 amide bonds. The van der Waals surface area contributed by atoms with Crippen LogP contribution in [0, 0.1) is 0 Å². The van der Waals surface area contributed by atoms with Gasteiger partial charge in [-0.3, -0.25) is 19.1 Å². The highest BCUT2D eigenvalue weighted by atomic mass is 16.2. The third-order valence-electron chi connectivity index (χ3n) is 4.41. The smallest absolute Gasteiger partial charge is 0.279 e. The Morgan fingerprint density at radius 1 is 1.17 bits per heavy atom. The molecule has 0 aliphatic carbocycles. The highest BCUT2D eigenvalue weighted by Crippen LogP contribution is 2.24. The van der Waals surface area contributed by atoms with E-state index in [0.717, 1.165) is 5.56 Å². The minimum Gasteiger partial charge on any atom is -0.354 e. The summed E-state index contributed by atoms with van der Waals surface area (Å²) in [5, 5.41) is 5.76. The van der Waals surface area contributed by atoms with Crippen molar-refractivity contribution in [2.75, 3.05) is 17.2 Å². The van der Waals surface area contributed by atoms with Crippen LogP contribution in [0.2, 0.25) is 0 Å². The van der Waals surface area contributed by atoms with Crippen molar-refractivity contribution in [1.82, 2.24) is 14.5 Å². The second-order valence-electron chi connectivity index (χ2n) is 6.77. The zero-order valence-corrected chi connectivity index (χ0v) is 16.4. The van der Waals surface area contributed by atoms with Gasteiger partial charge in [-0.1, -0.05) is 30.3 Å². The molecule has 8 heteroatoms. The normalized spacial score (nSPS) is 11.7. The number of hydrogen-bond acceptors (Lipinski definition) is 6. The summed E-state index contributed by atoms with van der Waals surface area (Å²) in [5.41, 5.74) is 8.21. The van der Waals surface area contributed by atoms with Crippen LogP contribution < -0.4 is 21.9 Å². The van der Waals surface area contributed by atoms with Gasteiger partial charge >= 0.3 is 0 Å². The molecule has 0 radical (unpaired) electrons. The first-order valence-electron chi connectivity index (χ1n) is 9.28. The summed E-state index contributed by atoms with van der Waals surface area (Å²) in [7, 11) is 1.60. The fourth-order valence-electron chi connectivity index (χ4n) is 2.98. The fourth-order valence-corrected chi connectivity index (χ4v) is 2.98. The largest absolute Gasteiger partial charge is 0.354 e. The van der Waals surface area contributed by atoms with E-state index in [1.807, 2.05) is 30.3 Å². The number of nitrogens with one attached hydrogen (secondary N) is 2. The van der Waals surface area contributed by atoms with E-state index in [1.165, 1.54) is 11.5 Å². The monoisotopic (exact) mass is 392 g/mol. The quantitative estimate of drug-likeness (QED) is 0.565. The van der Waals surface area contributed by atoms with Crippen LogP contribution in [-0.4, -0.2) is 33.0 Å². The standard InChI is InChI=1S/C21H24N6O2/c1-14(28)25-19-18(16-8-10-23-11-9-16)26-21(27(2)20(19)29)24-13-17(22)12-15-6-4-3-5-7-15/h3-11,17H,12-13,22H2,1-2H3,(H,24,26)(H,25,28)/t17-/m0/s1. The predicted octanol–water partition coefficient (Wildman–Crippen LogP) is 1.78. The lowest BCUT2D eigenvalue weighted by Crippen LogP contribution is -2.34. The van der Waals surface area contributed by atoms with Crippen LogP contribution in [0.4, 0.5) is 11.6 Å². The number of carbonyl (C=O) groups excluding carboxylic acids is 1. The summed E-state index contributed by atoms with van der Waals surface area (Å²) < 4.78 is 1.37. The number of carbonyl (C=O) groups is 1. The number of benzene rings is 1. The molecule has 2 aromatic heterocycles. The van der Waals surface area contributed by atoms with E-state index < -0.39 is 0 Å². The summed E-state index contributed by atoms with van der Waals surface area (Å²) in [6, 6.07) is 13.3. The van der Waals surface area contributed by atoms with Gasteiger partial charge in [-0.2, -0.15) is 0 Å². The number of amides is 1.